The lowest BCUT2D eigenvalue weighted by Gasteiger charge is -2.18. The second-order valence-corrected chi connectivity index (χ2v) is 6.47. The van der Waals surface area contributed by atoms with Gasteiger partial charge in [0.05, 0.1) is 11.9 Å². The number of aromatic nitrogens is 2. The molecular formula is C13H20N2O3S. The Hall–Kier alpha value is -1.04. The quantitative estimate of drug-likeness (QED) is 0.792. The number of rotatable bonds is 4. The number of carbonyl (C=O) groups excluding carboxylic acids is 1. The molecule has 1 atom stereocenters. The van der Waals surface area contributed by atoms with Gasteiger partial charge in [-0.2, -0.15) is 16.7 Å². The second-order valence-electron chi connectivity index (χ2n) is 5.16. The molecule has 1 aliphatic heterocycles. The van der Waals surface area contributed by atoms with Crippen molar-refractivity contribution in [2.45, 2.75) is 50.7 Å². The predicted molar refractivity (Wildman–Crippen MR) is 73.0 cm³/mol. The van der Waals surface area contributed by atoms with Gasteiger partial charge < -0.3 is 9.26 Å². The van der Waals surface area contributed by atoms with Gasteiger partial charge in [-0.3, -0.25) is 4.79 Å². The number of nitrogens with zero attached hydrogens (tertiary/aromatic N) is 2. The molecule has 1 saturated heterocycles. The Kier molecular flexibility index (Phi) is 4.50. The molecule has 1 fully saturated rings. The van der Waals surface area contributed by atoms with Crippen molar-refractivity contribution >= 4 is 17.7 Å². The van der Waals surface area contributed by atoms with Crippen molar-refractivity contribution in [3.63, 3.8) is 0 Å². The van der Waals surface area contributed by atoms with E-state index < -0.39 is 5.41 Å². The van der Waals surface area contributed by atoms with Gasteiger partial charge in [0.2, 0.25) is 5.89 Å². The van der Waals surface area contributed by atoms with Crippen molar-refractivity contribution in [2.24, 2.45) is 0 Å². The summed E-state index contributed by atoms with van der Waals surface area (Å²) in [5.74, 6) is 1.85. The molecule has 0 saturated carbocycles. The van der Waals surface area contributed by atoms with Crippen molar-refractivity contribution in [3.8, 4) is 0 Å². The zero-order valence-corrected chi connectivity index (χ0v) is 12.5. The van der Waals surface area contributed by atoms with Gasteiger partial charge in [0, 0.05) is 0 Å². The van der Waals surface area contributed by atoms with Gasteiger partial charge in [-0.05, 0) is 39.4 Å². The van der Waals surface area contributed by atoms with E-state index in [1.54, 1.807) is 20.8 Å². The number of hydrogen-bond acceptors (Lipinski definition) is 6. The van der Waals surface area contributed by atoms with Crippen LogP contribution in [0.4, 0.5) is 0 Å². The highest BCUT2D eigenvalue weighted by atomic mass is 32.2. The van der Waals surface area contributed by atoms with Crippen molar-refractivity contribution in [2.75, 3.05) is 12.4 Å². The molecule has 0 N–H and O–H groups in total. The maximum atomic E-state index is 11.9. The summed E-state index contributed by atoms with van der Waals surface area (Å²) in [6, 6.07) is 0. The predicted octanol–water partition coefficient (Wildman–Crippen LogP) is 2.87. The molecule has 5 nitrogen and oxygen atoms in total. The molecule has 1 unspecified atom stereocenters. The van der Waals surface area contributed by atoms with Crippen molar-refractivity contribution < 1.29 is 14.1 Å². The molecule has 2 rings (SSSR count). The Morgan fingerprint density at radius 1 is 1.53 bits per heavy atom. The lowest BCUT2D eigenvalue weighted by Crippen LogP contribution is -2.31. The molecule has 19 heavy (non-hydrogen) atoms. The minimum absolute atomic E-state index is 0.296. The van der Waals surface area contributed by atoms with E-state index in [9.17, 15) is 4.79 Å². The highest BCUT2D eigenvalue weighted by Crippen LogP contribution is 2.37. The largest absolute Gasteiger partial charge is 0.465 e. The van der Waals surface area contributed by atoms with Crippen LogP contribution < -0.4 is 0 Å². The molecule has 0 amide bonds. The molecule has 0 aromatic carbocycles. The van der Waals surface area contributed by atoms with Crippen LogP contribution in [0, 0.1) is 0 Å². The highest BCUT2D eigenvalue weighted by Gasteiger charge is 2.38. The molecule has 1 aromatic rings. The van der Waals surface area contributed by atoms with Crippen LogP contribution in [0.1, 0.15) is 57.0 Å². The summed E-state index contributed by atoms with van der Waals surface area (Å²) in [6.07, 6.45) is 3.52. The Morgan fingerprint density at radius 3 is 2.95 bits per heavy atom. The fraction of sp³-hybridized carbons (Fsp3) is 0.769. The SMILES string of the molecule is CCOC(=O)C(C)(C)c1nc(C2CCCCS2)no1. The van der Waals surface area contributed by atoms with Crippen LogP contribution in [0.15, 0.2) is 4.52 Å². The molecule has 6 heteroatoms. The van der Waals surface area contributed by atoms with E-state index in [1.807, 2.05) is 11.8 Å². The normalized spacial score (nSPS) is 20.3. The second kappa shape index (κ2) is 5.94. The first kappa shape index (κ1) is 14.4. The van der Waals surface area contributed by atoms with Gasteiger partial charge in [0.25, 0.3) is 0 Å². The van der Waals surface area contributed by atoms with Crippen LogP contribution in [0.5, 0.6) is 0 Å². The number of carbonyl (C=O) groups is 1. The van der Waals surface area contributed by atoms with Crippen LogP contribution in [-0.4, -0.2) is 28.5 Å². The Morgan fingerprint density at radius 2 is 2.32 bits per heavy atom. The smallest absolute Gasteiger partial charge is 0.321 e. The lowest BCUT2D eigenvalue weighted by molar-refractivity contribution is -0.149. The molecule has 1 aliphatic rings. The average Bonchev–Trinajstić information content (AvgIpc) is 2.90. The first-order valence-electron chi connectivity index (χ1n) is 6.68. The van der Waals surface area contributed by atoms with Crippen molar-refractivity contribution in [1.82, 2.24) is 10.1 Å². The Bertz CT molecular complexity index is 439. The molecule has 0 aliphatic carbocycles. The maximum absolute atomic E-state index is 11.9. The summed E-state index contributed by atoms with van der Waals surface area (Å²) >= 11 is 1.86. The van der Waals surface area contributed by atoms with Gasteiger partial charge in [-0.15, -0.1) is 0 Å². The van der Waals surface area contributed by atoms with Crippen LogP contribution in [0.2, 0.25) is 0 Å². The van der Waals surface area contributed by atoms with Gasteiger partial charge in [-0.25, -0.2) is 0 Å². The van der Waals surface area contributed by atoms with Crippen LogP contribution >= 0.6 is 11.8 Å². The third-order valence-corrected chi connectivity index (χ3v) is 4.60. The van der Waals surface area contributed by atoms with E-state index in [4.69, 9.17) is 9.26 Å². The highest BCUT2D eigenvalue weighted by molar-refractivity contribution is 7.99. The van der Waals surface area contributed by atoms with E-state index in [0.717, 1.165) is 12.2 Å². The fourth-order valence-electron chi connectivity index (χ4n) is 1.96. The van der Waals surface area contributed by atoms with Crippen molar-refractivity contribution in [1.29, 1.82) is 0 Å². The monoisotopic (exact) mass is 284 g/mol. The summed E-state index contributed by atoms with van der Waals surface area (Å²) in [7, 11) is 0. The van der Waals surface area contributed by atoms with E-state index in [0.29, 0.717) is 23.6 Å². The zero-order valence-electron chi connectivity index (χ0n) is 11.6. The molecule has 1 aromatic heterocycles. The molecule has 0 bridgehead atoms. The number of thioether (sulfide) groups is 1. The van der Waals surface area contributed by atoms with E-state index in [1.165, 1.54) is 12.8 Å². The summed E-state index contributed by atoms with van der Waals surface area (Å²) in [6.45, 7) is 5.63. The van der Waals surface area contributed by atoms with Gasteiger partial charge in [-0.1, -0.05) is 11.6 Å². The first-order valence-corrected chi connectivity index (χ1v) is 7.73. The molecule has 0 radical (unpaired) electrons. The summed E-state index contributed by atoms with van der Waals surface area (Å²) in [5, 5.41) is 4.33. The maximum Gasteiger partial charge on any atom is 0.321 e. The number of hydrogen-bond donors (Lipinski definition) is 0. The topological polar surface area (TPSA) is 65.2 Å². The zero-order chi connectivity index (χ0) is 13.9. The molecular weight excluding hydrogens is 264 g/mol. The average molecular weight is 284 g/mol. The van der Waals surface area contributed by atoms with Crippen molar-refractivity contribution in [3.05, 3.63) is 11.7 Å². The third-order valence-electron chi connectivity index (χ3n) is 3.23. The molecule has 0 spiro atoms. The van der Waals surface area contributed by atoms with Crippen LogP contribution in [0.25, 0.3) is 0 Å². The van der Waals surface area contributed by atoms with Crippen LogP contribution in [0.3, 0.4) is 0 Å². The molecule has 2 heterocycles. The Balaban J connectivity index is 2.13. The number of ether oxygens (including phenoxy) is 1. The Labute approximate surface area is 117 Å². The van der Waals surface area contributed by atoms with Gasteiger partial charge in [0.1, 0.15) is 5.41 Å². The van der Waals surface area contributed by atoms with Gasteiger partial charge in [0.15, 0.2) is 5.82 Å². The van der Waals surface area contributed by atoms with Crippen LogP contribution in [-0.2, 0) is 14.9 Å². The van der Waals surface area contributed by atoms with E-state index in [-0.39, 0.29) is 5.97 Å². The van der Waals surface area contributed by atoms with Gasteiger partial charge >= 0.3 is 5.97 Å². The standard InChI is InChI=1S/C13H20N2O3S/c1-4-17-12(16)13(2,3)11-14-10(15-18-11)9-7-5-6-8-19-9/h9H,4-8H2,1-3H3. The molecule has 106 valence electrons. The van der Waals surface area contributed by atoms with E-state index in [2.05, 4.69) is 10.1 Å². The minimum atomic E-state index is -0.888. The minimum Gasteiger partial charge on any atom is -0.465 e. The lowest BCUT2D eigenvalue weighted by atomic mass is 9.94. The van der Waals surface area contributed by atoms with E-state index >= 15 is 0 Å². The third kappa shape index (κ3) is 3.11. The fourth-order valence-corrected chi connectivity index (χ4v) is 3.20. The summed E-state index contributed by atoms with van der Waals surface area (Å²) < 4.78 is 10.3. The summed E-state index contributed by atoms with van der Waals surface area (Å²) in [5.41, 5.74) is -0.888. The summed E-state index contributed by atoms with van der Waals surface area (Å²) in [4.78, 5) is 16.3. The first-order chi connectivity index (χ1) is 9.05. The number of esters is 1.